The number of piperidine rings is 1. The summed E-state index contributed by atoms with van der Waals surface area (Å²) in [7, 11) is 0. The van der Waals surface area contributed by atoms with E-state index in [9.17, 15) is 14.4 Å². The molecular formula is C25H31N3O5. The van der Waals surface area contributed by atoms with Gasteiger partial charge in [-0.15, -0.1) is 0 Å². The van der Waals surface area contributed by atoms with E-state index >= 15 is 0 Å². The minimum absolute atomic E-state index is 0.146. The monoisotopic (exact) mass is 453 g/mol. The number of carbonyl (C=O) groups excluding carboxylic acids is 3. The van der Waals surface area contributed by atoms with Crippen molar-refractivity contribution in [3.05, 3.63) is 29.3 Å². The number of nitrogens with one attached hydrogen (secondary N) is 1. The molecule has 4 heterocycles. The molecular weight excluding hydrogens is 422 g/mol. The first kappa shape index (κ1) is 21.1. The molecule has 4 fully saturated rings. The molecule has 33 heavy (non-hydrogen) atoms. The second-order valence-electron chi connectivity index (χ2n) is 10.5. The van der Waals surface area contributed by atoms with Crippen LogP contribution in [-0.2, 0) is 20.9 Å². The molecule has 176 valence electrons. The summed E-state index contributed by atoms with van der Waals surface area (Å²) in [5.74, 6) is -0.000795. The summed E-state index contributed by atoms with van der Waals surface area (Å²) in [6.45, 7) is 4.38. The van der Waals surface area contributed by atoms with Crippen LogP contribution in [0.3, 0.4) is 0 Å². The molecule has 1 aliphatic carbocycles. The maximum atomic E-state index is 13.0. The minimum atomic E-state index is -0.590. The summed E-state index contributed by atoms with van der Waals surface area (Å²) in [4.78, 5) is 40.9. The van der Waals surface area contributed by atoms with Gasteiger partial charge in [0.25, 0.3) is 5.91 Å². The average molecular weight is 454 g/mol. The molecule has 8 heteroatoms. The van der Waals surface area contributed by atoms with Crippen LogP contribution in [0.25, 0.3) is 0 Å². The highest BCUT2D eigenvalue weighted by Gasteiger charge is 2.52. The van der Waals surface area contributed by atoms with Crippen molar-refractivity contribution >= 4 is 17.7 Å². The molecule has 0 radical (unpaired) electrons. The lowest BCUT2D eigenvalue weighted by atomic mass is 9.76. The Labute approximate surface area is 193 Å². The summed E-state index contributed by atoms with van der Waals surface area (Å²) < 4.78 is 12.0. The lowest BCUT2D eigenvalue weighted by Gasteiger charge is -2.58. The van der Waals surface area contributed by atoms with Crippen LogP contribution in [0.1, 0.15) is 60.9 Å². The topological polar surface area (TPSA) is 88.2 Å². The quantitative estimate of drug-likeness (QED) is 0.553. The van der Waals surface area contributed by atoms with E-state index in [0.29, 0.717) is 30.0 Å². The number of carbonyl (C=O) groups is 3. The van der Waals surface area contributed by atoms with Gasteiger partial charge in [-0.3, -0.25) is 24.6 Å². The highest BCUT2D eigenvalue weighted by Crippen LogP contribution is 2.41. The molecule has 4 aliphatic heterocycles. The van der Waals surface area contributed by atoms with Crippen LogP contribution in [0.4, 0.5) is 0 Å². The van der Waals surface area contributed by atoms with Gasteiger partial charge >= 0.3 is 0 Å². The van der Waals surface area contributed by atoms with E-state index < -0.39 is 6.04 Å². The van der Waals surface area contributed by atoms with Gasteiger partial charge in [-0.05, 0) is 49.4 Å². The van der Waals surface area contributed by atoms with Crippen molar-refractivity contribution in [2.75, 3.05) is 26.3 Å². The van der Waals surface area contributed by atoms with E-state index in [1.54, 1.807) is 4.90 Å². The van der Waals surface area contributed by atoms with Crippen molar-refractivity contribution in [3.63, 3.8) is 0 Å². The standard InChI is InChI=1S/C25H31N3O5/c29-22-9-8-20(23(30)26-22)28-11-16-10-17(6-7-18(16)24(28)31)33-21-5-3-1-2-4-19(21)27-12-25(13-27)14-32-15-25/h6-7,10,19-21H,1-5,8-9,11-15H2,(H,26,29,30)/t19-,20?,21-/m0/s1. The molecule has 5 aliphatic rings. The second kappa shape index (κ2) is 8.09. The summed E-state index contributed by atoms with van der Waals surface area (Å²) in [5.41, 5.74) is 1.91. The number of fused-ring (bicyclic) bond motifs is 1. The Hall–Kier alpha value is -2.45. The van der Waals surface area contributed by atoms with Gasteiger partial charge in [0.1, 0.15) is 17.9 Å². The summed E-state index contributed by atoms with van der Waals surface area (Å²) >= 11 is 0. The molecule has 3 atom stereocenters. The molecule has 3 saturated heterocycles. The van der Waals surface area contributed by atoms with E-state index in [2.05, 4.69) is 10.2 Å². The SMILES string of the molecule is O=C1CCC(N2Cc3cc(O[C@H]4CCCCC[C@@H]4N4CC5(COC5)C4)ccc3C2=O)C(=O)N1. The number of hydrogen-bond acceptors (Lipinski definition) is 6. The molecule has 8 nitrogen and oxygen atoms in total. The Bertz CT molecular complexity index is 982. The lowest BCUT2D eigenvalue weighted by molar-refractivity contribution is -0.205. The smallest absolute Gasteiger partial charge is 0.255 e. The number of hydrogen-bond donors (Lipinski definition) is 1. The molecule has 1 aromatic rings. The summed E-state index contributed by atoms with van der Waals surface area (Å²) in [5, 5.41) is 2.36. The van der Waals surface area contributed by atoms with E-state index in [1.165, 1.54) is 19.3 Å². The Morgan fingerprint density at radius 2 is 1.85 bits per heavy atom. The molecule has 3 amide bonds. The van der Waals surface area contributed by atoms with Gasteiger partial charge in [0.05, 0.1) is 13.2 Å². The van der Waals surface area contributed by atoms with Crippen LogP contribution in [0, 0.1) is 5.41 Å². The number of benzene rings is 1. The maximum Gasteiger partial charge on any atom is 0.255 e. The van der Waals surface area contributed by atoms with Gasteiger partial charge in [0, 0.05) is 43.1 Å². The Balaban J connectivity index is 1.16. The van der Waals surface area contributed by atoms with Crippen LogP contribution in [0.5, 0.6) is 5.75 Å². The van der Waals surface area contributed by atoms with Gasteiger partial charge in [-0.25, -0.2) is 0 Å². The summed E-state index contributed by atoms with van der Waals surface area (Å²) in [6.07, 6.45) is 6.65. The molecule has 1 unspecified atom stereocenters. The Morgan fingerprint density at radius 3 is 2.61 bits per heavy atom. The lowest BCUT2D eigenvalue weighted by Crippen LogP contribution is -2.69. The van der Waals surface area contributed by atoms with Crippen LogP contribution < -0.4 is 10.1 Å². The Kier molecular flexibility index (Phi) is 5.18. The predicted octanol–water partition coefficient (Wildman–Crippen LogP) is 1.86. The fraction of sp³-hybridized carbons (Fsp3) is 0.640. The molecule has 0 bridgehead atoms. The second-order valence-corrected chi connectivity index (χ2v) is 10.5. The number of nitrogens with zero attached hydrogens (tertiary/aromatic N) is 2. The van der Waals surface area contributed by atoms with Crippen molar-refractivity contribution in [1.29, 1.82) is 0 Å². The predicted molar refractivity (Wildman–Crippen MR) is 119 cm³/mol. The molecule has 6 rings (SSSR count). The molecule has 1 spiro atoms. The van der Waals surface area contributed by atoms with Crippen LogP contribution in [-0.4, -0.2) is 72.0 Å². The van der Waals surface area contributed by atoms with Crippen LogP contribution in [0.2, 0.25) is 0 Å². The molecule has 0 aromatic heterocycles. The van der Waals surface area contributed by atoms with E-state index in [1.807, 2.05) is 18.2 Å². The van der Waals surface area contributed by atoms with E-state index in [4.69, 9.17) is 9.47 Å². The minimum Gasteiger partial charge on any atom is -0.489 e. The zero-order valence-electron chi connectivity index (χ0n) is 18.9. The largest absolute Gasteiger partial charge is 0.489 e. The first-order valence-electron chi connectivity index (χ1n) is 12.3. The number of amides is 3. The van der Waals surface area contributed by atoms with Gasteiger partial charge in [-0.1, -0.05) is 12.8 Å². The maximum absolute atomic E-state index is 13.0. The van der Waals surface area contributed by atoms with Crippen molar-refractivity contribution < 1.29 is 23.9 Å². The first-order chi connectivity index (χ1) is 16.0. The van der Waals surface area contributed by atoms with Crippen molar-refractivity contribution in [3.8, 4) is 5.75 Å². The van der Waals surface area contributed by atoms with E-state index in [0.717, 1.165) is 50.5 Å². The fourth-order valence-corrected chi connectivity index (χ4v) is 6.23. The number of ether oxygens (including phenoxy) is 2. The number of rotatable bonds is 4. The third-order valence-electron chi connectivity index (χ3n) is 8.06. The first-order valence-corrected chi connectivity index (χ1v) is 12.3. The molecule has 1 saturated carbocycles. The highest BCUT2D eigenvalue weighted by molar-refractivity contribution is 6.05. The van der Waals surface area contributed by atoms with Crippen LogP contribution in [0.15, 0.2) is 18.2 Å². The summed E-state index contributed by atoms with van der Waals surface area (Å²) in [6, 6.07) is 5.53. The molecule has 1 N–H and O–H groups in total. The van der Waals surface area contributed by atoms with E-state index in [-0.39, 0.29) is 30.2 Å². The average Bonchev–Trinajstić information content (AvgIpc) is 2.89. The normalized spacial score (nSPS) is 31.5. The zero-order valence-corrected chi connectivity index (χ0v) is 18.9. The van der Waals surface area contributed by atoms with Crippen molar-refractivity contribution in [2.45, 2.75) is 69.7 Å². The number of imide groups is 1. The van der Waals surface area contributed by atoms with Crippen LogP contribution >= 0.6 is 0 Å². The fourth-order valence-electron chi connectivity index (χ4n) is 6.23. The van der Waals surface area contributed by atoms with Crippen molar-refractivity contribution in [1.82, 2.24) is 15.1 Å². The zero-order chi connectivity index (χ0) is 22.6. The third kappa shape index (κ3) is 3.73. The van der Waals surface area contributed by atoms with Gasteiger partial charge in [0.2, 0.25) is 11.8 Å². The van der Waals surface area contributed by atoms with Gasteiger partial charge in [0.15, 0.2) is 0 Å². The van der Waals surface area contributed by atoms with Gasteiger partial charge in [-0.2, -0.15) is 0 Å². The third-order valence-corrected chi connectivity index (χ3v) is 8.06. The Morgan fingerprint density at radius 1 is 1.03 bits per heavy atom. The molecule has 1 aromatic carbocycles. The van der Waals surface area contributed by atoms with Gasteiger partial charge < -0.3 is 14.4 Å². The number of likely N-dealkylation sites (tertiary alicyclic amines) is 1. The van der Waals surface area contributed by atoms with Crippen molar-refractivity contribution in [2.24, 2.45) is 5.41 Å². The highest BCUT2D eigenvalue weighted by atomic mass is 16.5.